The zero-order valence-corrected chi connectivity index (χ0v) is 12.8. The second-order valence-electron chi connectivity index (χ2n) is 5.19. The summed E-state index contributed by atoms with van der Waals surface area (Å²) in [7, 11) is 0. The highest BCUT2D eigenvalue weighted by atomic mass is 19.1. The Hall–Kier alpha value is -3.59. The molecule has 0 spiro atoms. The summed E-state index contributed by atoms with van der Waals surface area (Å²) in [6.07, 6.45) is 1.29. The highest BCUT2D eigenvalue weighted by Gasteiger charge is 2.13. The van der Waals surface area contributed by atoms with Gasteiger partial charge in [0.1, 0.15) is 23.4 Å². The summed E-state index contributed by atoms with van der Waals surface area (Å²) in [5, 5.41) is 11.4. The van der Waals surface area contributed by atoms with Gasteiger partial charge < -0.3 is 5.32 Å². The van der Waals surface area contributed by atoms with Crippen molar-refractivity contribution in [1.82, 2.24) is 4.98 Å². The van der Waals surface area contributed by atoms with E-state index < -0.39 is 17.5 Å². The lowest BCUT2D eigenvalue weighted by atomic mass is 10.0. The summed E-state index contributed by atoms with van der Waals surface area (Å²) in [5.74, 6) is -1.39. The van der Waals surface area contributed by atoms with Crippen LogP contribution in [0.5, 0.6) is 0 Å². The molecule has 0 bridgehead atoms. The van der Waals surface area contributed by atoms with Gasteiger partial charge in [0.15, 0.2) is 0 Å². The molecule has 1 heterocycles. The van der Waals surface area contributed by atoms with Gasteiger partial charge in [-0.1, -0.05) is 12.1 Å². The molecule has 4 nitrogen and oxygen atoms in total. The molecule has 2 aromatic carbocycles. The van der Waals surface area contributed by atoms with E-state index in [0.717, 1.165) is 0 Å². The van der Waals surface area contributed by atoms with Gasteiger partial charge in [-0.15, -0.1) is 0 Å². The Morgan fingerprint density at radius 3 is 2.36 bits per heavy atom. The molecule has 0 unspecified atom stereocenters. The molecule has 122 valence electrons. The minimum absolute atomic E-state index is 0.119. The molecule has 0 radical (unpaired) electrons. The first-order valence-corrected chi connectivity index (χ1v) is 7.30. The van der Waals surface area contributed by atoms with Crippen LogP contribution in [0.25, 0.3) is 11.1 Å². The summed E-state index contributed by atoms with van der Waals surface area (Å²) >= 11 is 0. The van der Waals surface area contributed by atoms with Gasteiger partial charge in [0.25, 0.3) is 5.91 Å². The molecule has 0 saturated carbocycles. The van der Waals surface area contributed by atoms with Gasteiger partial charge in [-0.25, -0.2) is 13.8 Å². The first-order valence-electron chi connectivity index (χ1n) is 7.30. The van der Waals surface area contributed by atoms with E-state index in [9.17, 15) is 13.6 Å². The summed E-state index contributed by atoms with van der Waals surface area (Å²) in [6.45, 7) is 0. The summed E-state index contributed by atoms with van der Waals surface area (Å²) in [5.41, 5.74) is 1.80. The molecule has 6 heteroatoms. The van der Waals surface area contributed by atoms with Gasteiger partial charge in [-0.2, -0.15) is 5.26 Å². The molecular weight excluding hydrogens is 324 g/mol. The number of anilines is 1. The van der Waals surface area contributed by atoms with E-state index in [-0.39, 0.29) is 5.69 Å². The molecule has 3 aromatic rings. The average Bonchev–Trinajstić information content (AvgIpc) is 2.64. The Labute approximate surface area is 142 Å². The van der Waals surface area contributed by atoms with E-state index in [4.69, 9.17) is 5.26 Å². The lowest BCUT2D eigenvalue weighted by Gasteiger charge is -2.11. The smallest absolute Gasteiger partial charge is 0.274 e. The molecule has 1 aromatic heterocycles. The zero-order valence-electron chi connectivity index (χ0n) is 12.8. The van der Waals surface area contributed by atoms with Crippen LogP contribution in [0.15, 0.2) is 60.8 Å². The van der Waals surface area contributed by atoms with E-state index in [1.807, 2.05) is 6.07 Å². The molecule has 1 amide bonds. The Morgan fingerprint density at radius 2 is 1.72 bits per heavy atom. The monoisotopic (exact) mass is 335 g/mol. The summed E-state index contributed by atoms with van der Waals surface area (Å²) in [4.78, 5) is 16.2. The van der Waals surface area contributed by atoms with Crippen LogP contribution in [0, 0.1) is 23.0 Å². The van der Waals surface area contributed by atoms with Crippen LogP contribution in [0.3, 0.4) is 0 Å². The molecule has 0 fully saturated rings. The SMILES string of the molecule is N#Cc1ccc(C(=O)Nc2ccc(F)cc2-c2ccc(F)cc2)nc1. The molecule has 0 aliphatic heterocycles. The van der Waals surface area contributed by atoms with Crippen molar-refractivity contribution in [2.24, 2.45) is 0 Å². The third kappa shape index (κ3) is 3.67. The van der Waals surface area contributed by atoms with Gasteiger partial charge in [-0.05, 0) is 48.0 Å². The standard InChI is InChI=1S/C19H11F2N3O/c20-14-4-2-13(3-5-14)16-9-15(21)6-8-17(16)24-19(25)18-7-1-12(10-22)11-23-18/h1-9,11H,(H,24,25). The maximum atomic E-state index is 13.6. The molecule has 0 aliphatic carbocycles. The van der Waals surface area contributed by atoms with Crippen LogP contribution in [0.4, 0.5) is 14.5 Å². The topological polar surface area (TPSA) is 65.8 Å². The third-order valence-corrected chi connectivity index (χ3v) is 3.51. The van der Waals surface area contributed by atoms with Crippen LogP contribution in [0.1, 0.15) is 16.1 Å². The number of hydrogen-bond acceptors (Lipinski definition) is 3. The highest BCUT2D eigenvalue weighted by molar-refractivity contribution is 6.05. The Bertz CT molecular complexity index is 961. The normalized spacial score (nSPS) is 10.1. The number of halogens is 2. The number of nitrogens with one attached hydrogen (secondary N) is 1. The van der Waals surface area contributed by atoms with Gasteiger partial charge in [0.2, 0.25) is 0 Å². The Morgan fingerprint density at radius 1 is 1.00 bits per heavy atom. The first kappa shape index (κ1) is 16.3. The fourth-order valence-electron chi connectivity index (χ4n) is 2.27. The van der Waals surface area contributed by atoms with Gasteiger partial charge in [-0.3, -0.25) is 4.79 Å². The fourth-order valence-corrected chi connectivity index (χ4v) is 2.27. The quantitative estimate of drug-likeness (QED) is 0.782. The second-order valence-corrected chi connectivity index (χ2v) is 5.19. The van der Waals surface area contributed by atoms with Crippen LogP contribution in [-0.4, -0.2) is 10.9 Å². The van der Waals surface area contributed by atoms with Crippen molar-refractivity contribution in [3.05, 3.63) is 83.7 Å². The van der Waals surface area contributed by atoms with E-state index in [1.165, 1.54) is 60.8 Å². The van der Waals surface area contributed by atoms with Gasteiger partial charge >= 0.3 is 0 Å². The molecule has 0 atom stereocenters. The number of nitriles is 1. The summed E-state index contributed by atoms with van der Waals surface area (Å²) < 4.78 is 26.7. The number of rotatable bonds is 3. The van der Waals surface area contributed by atoms with Crippen molar-refractivity contribution in [2.75, 3.05) is 5.32 Å². The van der Waals surface area contributed by atoms with Crippen molar-refractivity contribution in [3.8, 4) is 17.2 Å². The highest BCUT2D eigenvalue weighted by Crippen LogP contribution is 2.29. The van der Waals surface area contributed by atoms with Crippen LogP contribution in [0.2, 0.25) is 0 Å². The molecular formula is C19H11F2N3O. The van der Waals surface area contributed by atoms with Crippen molar-refractivity contribution in [1.29, 1.82) is 5.26 Å². The summed E-state index contributed by atoms with van der Waals surface area (Å²) in [6, 6.07) is 14.2. The van der Waals surface area contributed by atoms with Crippen LogP contribution >= 0.6 is 0 Å². The number of benzene rings is 2. The number of pyridine rings is 1. The average molecular weight is 335 g/mol. The van der Waals surface area contributed by atoms with E-state index in [0.29, 0.717) is 22.4 Å². The van der Waals surface area contributed by atoms with E-state index in [2.05, 4.69) is 10.3 Å². The number of carbonyl (C=O) groups excluding carboxylic acids is 1. The predicted octanol–water partition coefficient (Wildman–Crippen LogP) is 4.15. The van der Waals surface area contributed by atoms with Gasteiger partial charge in [0, 0.05) is 17.4 Å². The van der Waals surface area contributed by atoms with Gasteiger partial charge in [0.05, 0.1) is 5.56 Å². The Kier molecular flexibility index (Phi) is 4.48. The Balaban J connectivity index is 1.93. The maximum absolute atomic E-state index is 13.6. The zero-order chi connectivity index (χ0) is 17.8. The van der Waals surface area contributed by atoms with Crippen molar-refractivity contribution < 1.29 is 13.6 Å². The van der Waals surface area contributed by atoms with Crippen LogP contribution < -0.4 is 5.32 Å². The molecule has 3 rings (SSSR count). The molecule has 25 heavy (non-hydrogen) atoms. The number of nitrogens with zero attached hydrogens (tertiary/aromatic N) is 2. The lowest BCUT2D eigenvalue weighted by molar-refractivity contribution is 0.102. The first-order chi connectivity index (χ1) is 12.1. The molecule has 1 N–H and O–H groups in total. The number of aromatic nitrogens is 1. The third-order valence-electron chi connectivity index (χ3n) is 3.51. The lowest BCUT2D eigenvalue weighted by Crippen LogP contribution is -2.14. The van der Waals surface area contributed by atoms with E-state index >= 15 is 0 Å². The predicted molar refractivity (Wildman–Crippen MR) is 88.7 cm³/mol. The maximum Gasteiger partial charge on any atom is 0.274 e. The van der Waals surface area contributed by atoms with Crippen LogP contribution in [-0.2, 0) is 0 Å². The van der Waals surface area contributed by atoms with Crippen molar-refractivity contribution in [2.45, 2.75) is 0 Å². The largest absolute Gasteiger partial charge is 0.320 e. The van der Waals surface area contributed by atoms with E-state index in [1.54, 1.807) is 0 Å². The van der Waals surface area contributed by atoms with Crippen molar-refractivity contribution >= 4 is 11.6 Å². The second kappa shape index (κ2) is 6.89. The molecule has 0 aliphatic rings. The molecule has 0 saturated heterocycles. The minimum Gasteiger partial charge on any atom is -0.320 e. The fraction of sp³-hybridized carbons (Fsp3) is 0. The van der Waals surface area contributed by atoms with Crippen molar-refractivity contribution in [3.63, 3.8) is 0 Å². The number of carbonyl (C=O) groups is 1. The minimum atomic E-state index is -0.501. The number of amides is 1. The number of hydrogen-bond donors (Lipinski definition) is 1.